The van der Waals surface area contributed by atoms with Crippen molar-refractivity contribution in [3.8, 4) is 5.75 Å². The first-order chi connectivity index (χ1) is 13.8. The van der Waals surface area contributed by atoms with Gasteiger partial charge in [-0.1, -0.05) is 54.1 Å². The van der Waals surface area contributed by atoms with Gasteiger partial charge in [-0.2, -0.15) is 0 Å². The summed E-state index contributed by atoms with van der Waals surface area (Å²) < 4.78 is 8.18. The van der Waals surface area contributed by atoms with E-state index in [1.807, 2.05) is 30.3 Å². The fourth-order valence-electron chi connectivity index (χ4n) is 3.41. The molecule has 4 aromatic rings. The Morgan fingerprint density at radius 3 is 2.39 bits per heavy atom. The fraction of sp³-hybridized carbons (Fsp3) is 0.208. The second kappa shape index (κ2) is 8.94. The summed E-state index contributed by atoms with van der Waals surface area (Å²) in [6, 6.07) is 26.4. The first-order valence-electron chi connectivity index (χ1n) is 9.66. The van der Waals surface area contributed by atoms with Crippen molar-refractivity contribution in [2.24, 2.45) is 0 Å². The lowest BCUT2D eigenvalue weighted by Gasteiger charge is -2.11. The number of hydrogen-bond acceptors (Lipinski definition) is 2. The van der Waals surface area contributed by atoms with E-state index in [1.165, 1.54) is 11.1 Å². The second-order valence-electron chi connectivity index (χ2n) is 6.81. The minimum Gasteiger partial charge on any atom is -0.494 e. The molecule has 0 atom stereocenters. The molecule has 4 heteroatoms. The summed E-state index contributed by atoms with van der Waals surface area (Å²) in [6.07, 6.45) is 2.84. The molecule has 0 bridgehead atoms. The molecule has 0 spiro atoms. The van der Waals surface area contributed by atoms with Crippen LogP contribution in [0.1, 0.15) is 17.8 Å². The molecule has 142 valence electrons. The molecule has 0 aliphatic rings. The van der Waals surface area contributed by atoms with Gasteiger partial charge in [0.25, 0.3) is 0 Å². The number of rotatable bonds is 8. The molecule has 0 saturated heterocycles. The van der Waals surface area contributed by atoms with Gasteiger partial charge < -0.3 is 9.30 Å². The number of halogens is 1. The van der Waals surface area contributed by atoms with Crippen LogP contribution >= 0.6 is 11.6 Å². The number of nitrogens with zero attached hydrogens (tertiary/aromatic N) is 2. The highest BCUT2D eigenvalue weighted by Crippen LogP contribution is 2.19. The molecule has 3 nitrogen and oxygen atoms in total. The molecule has 0 aliphatic carbocycles. The van der Waals surface area contributed by atoms with Crippen molar-refractivity contribution in [3.05, 3.63) is 95.3 Å². The van der Waals surface area contributed by atoms with E-state index in [-0.39, 0.29) is 0 Å². The number of fused-ring (bicyclic) bond motifs is 1. The molecule has 0 amide bonds. The highest BCUT2D eigenvalue weighted by atomic mass is 35.5. The molecule has 28 heavy (non-hydrogen) atoms. The normalized spacial score (nSPS) is 11.0. The average molecular weight is 391 g/mol. The summed E-state index contributed by atoms with van der Waals surface area (Å²) in [4.78, 5) is 4.88. The van der Waals surface area contributed by atoms with E-state index in [2.05, 4.69) is 53.1 Å². The third-order valence-corrected chi connectivity index (χ3v) is 5.07. The van der Waals surface area contributed by atoms with Crippen LogP contribution in [-0.4, -0.2) is 16.2 Å². The van der Waals surface area contributed by atoms with E-state index in [0.717, 1.165) is 47.9 Å². The maximum absolute atomic E-state index is 5.92. The molecule has 0 fully saturated rings. The Labute approximate surface area is 170 Å². The Hall–Kier alpha value is -2.78. The van der Waals surface area contributed by atoms with Gasteiger partial charge in [0.05, 0.1) is 17.6 Å². The largest absolute Gasteiger partial charge is 0.494 e. The number of para-hydroxylation sites is 2. The van der Waals surface area contributed by atoms with Crippen LogP contribution in [0.2, 0.25) is 5.02 Å². The number of ether oxygens (including phenoxy) is 1. The van der Waals surface area contributed by atoms with Gasteiger partial charge >= 0.3 is 0 Å². The van der Waals surface area contributed by atoms with E-state index in [0.29, 0.717) is 6.61 Å². The summed E-state index contributed by atoms with van der Waals surface area (Å²) in [7, 11) is 0. The van der Waals surface area contributed by atoms with Crippen LogP contribution in [-0.2, 0) is 19.4 Å². The third-order valence-electron chi connectivity index (χ3n) is 4.82. The van der Waals surface area contributed by atoms with Crippen LogP contribution in [0.3, 0.4) is 0 Å². The summed E-state index contributed by atoms with van der Waals surface area (Å²) >= 11 is 5.92. The molecule has 1 aromatic heterocycles. The van der Waals surface area contributed by atoms with Gasteiger partial charge in [0.2, 0.25) is 0 Å². The number of imidazole rings is 1. The van der Waals surface area contributed by atoms with Crippen molar-refractivity contribution < 1.29 is 4.74 Å². The third kappa shape index (κ3) is 4.55. The Bertz CT molecular complexity index is 1030. The van der Waals surface area contributed by atoms with Gasteiger partial charge in [-0.05, 0) is 54.8 Å². The van der Waals surface area contributed by atoms with E-state index in [9.17, 15) is 0 Å². The topological polar surface area (TPSA) is 27.1 Å². The Morgan fingerprint density at radius 2 is 1.57 bits per heavy atom. The van der Waals surface area contributed by atoms with Crippen LogP contribution in [0.5, 0.6) is 5.75 Å². The number of hydrogen-bond donors (Lipinski definition) is 0. The first kappa shape index (κ1) is 18.6. The van der Waals surface area contributed by atoms with Gasteiger partial charge in [-0.3, -0.25) is 0 Å². The molecule has 1 heterocycles. The molecule has 0 aliphatic heterocycles. The first-order valence-corrected chi connectivity index (χ1v) is 10.0. The Balaban J connectivity index is 1.43. The lowest BCUT2D eigenvalue weighted by atomic mass is 10.1. The van der Waals surface area contributed by atoms with E-state index >= 15 is 0 Å². The number of aromatic nitrogens is 2. The highest BCUT2D eigenvalue weighted by Gasteiger charge is 2.10. The SMILES string of the molecule is Clc1ccc(OCCCn2c(CCc3ccccc3)nc3ccccc32)cc1. The lowest BCUT2D eigenvalue weighted by molar-refractivity contribution is 0.302. The van der Waals surface area contributed by atoms with E-state index in [1.54, 1.807) is 0 Å². The summed E-state index contributed by atoms with van der Waals surface area (Å²) in [6.45, 7) is 1.55. The quantitative estimate of drug-likeness (QED) is 0.348. The number of aryl methyl sites for hydroxylation is 3. The fourth-order valence-corrected chi connectivity index (χ4v) is 3.54. The Kier molecular flexibility index (Phi) is 5.93. The summed E-state index contributed by atoms with van der Waals surface area (Å²) in [5.74, 6) is 1.99. The van der Waals surface area contributed by atoms with Crippen molar-refractivity contribution in [1.29, 1.82) is 0 Å². The van der Waals surface area contributed by atoms with E-state index < -0.39 is 0 Å². The molecule has 3 aromatic carbocycles. The summed E-state index contributed by atoms with van der Waals surface area (Å²) in [5.41, 5.74) is 3.59. The van der Waals surface area contributed by atoms with Gasteiger partial charge in [0.15, 0.2) is 0 Å². The van der Waals surface area contributed by atoms with Crippen molar-refractivity contribution >= 4 is 22.6 Å². The van der Waals surface area contributed by atoms with Crippen LogP contribution in [0.4, 0.5) is 0 Å². The zero-order chi connectivity index (χ0) is 19.2. The van der Waals surface area contributed by atoms with Crippen LogP contribution in [0.25, 0.3) is 11.0 Å². The van der Waals surface area contributed by atoms with Gasteiger partial charge in [-0.15, -0.1) is 0 Å². The highest BCUT2D eigenvalue weighted by molar-refractivity contribution is 6.30. The standard InChI is InChI=1S/C24H23ClN2O/c25-20-12-14-21(15-13-20)28-18-6-17-27-23-10-5-4-9-22(23)26-24(27)16-11-19-7-2-1-3-8-19/h1-5,7-10,12-15H,6,11,16-18H2. The minimum atomic E-state index is 0.659. The second-order valence-corrected chi connectivity index (χ2v) is 7.25. The van der Waals surface area contributed by atoms with E-state index in [4.69, 9.17) is 21.3 Å². The minimum absolute atomic E-state index is 0.659. The van der Waals surface area contributed by atoms with Crippen molar-refractivity contribution in [3.63, 3.8) is 0 Å². The average Bonchev–Trinajstić information content (AvgIpc) is 3.09. The predicted molar refractivity (Wildman–Crippen MR) is 115 cm³/mol. The maximum Gasteiger partial charge on any atom is 0.119 e. The molecule has 4 rings (SSSR count). The van der Waals surface area contributed by atoms with Crippen molar-refractivity contribution in [2.75, 3.05) is 6.61 Å². The number of benzene rings is 3. The van der Waals surface area contributed by atoms with Crippen LogP contribution in [0.15, 0.2) is 78.9 Å². The lowest BCUT2D eigenvalue weighted by Crippen LogP contribution is -2.09. The summed E-state index contributed by atoms with van der Waals surface area (Å²) in [5, 5.41) is 0.722. The van der Waals surface area contributed by atoms with Gasteiger partial charge in [-0.25, -0.2) is 4.98 Å². The van der Waals surface area contributed by atoms with Crippen LogP contribution in [0, 0.1) is 0 Å². The van der Waals surface area contributed by atoms with Crippen LogP contribution < -0.4 is 4.74 Å². The van der Waals surface area contributed by atoms with Crippen molar-refractivity contribution in [2.45, 2.75) is 25.8 Å². The Morgan fingerprint density at radius 1 is 0.821 bits per heavy atom. The monoisotopic (exact) mass is 390 g/mol. The zero-order valence-electron chi connectivity index (χ0n) is 15.7. The maximum atomic E-state index is 5.92. The molecular formula is C24H23ClN2O. The smallest absolute Gasteiger partial charge is 0.119 e. The molecular weight excluding hydrogens is 368 g/mol. The van der Waals surface area contributed by atoms with Gasteiger partial charge in [0.1, 0.15) is 11.6 Å². The predicted octanol–water partition coefficient (Wildman–Crippen LogP) is 5.94. The molecule has 0 N–H and O–H groups in total. The molecule has 0 radical (unpaired) electrons. The zero-order valence-corrected chi connectivity index (χ0v) is 16.5. The molecule has 0 saturated carbocycles. The molecule has 0 unspecified atom stereocenters. The van der Waals surface area contributed by atoms with Crippen molar-refractivity contribution in [1.82, 2.24) is 9.55 Å². The van der Waals surface area contributed by atoms with Gasteiger partial charge in [0, 0.05) is 18.0 Å².